The first kappa shape index (κ1) is 35.3. The predicted octanol–water partition coefficient (Wildman–Crippen LogP) is -0.863. The SMILES string of the molecule is CCOC(=O)CNCc1ccc(OC)c(-c2ccc(O)c3c2C[C@@]2(N)C[C@@]4(N)[C@H](N(C)C)C(=O)C(C(N)=O)C(=O)[C@@]4(C#N)C(=O)C2C3=O)c1. The van der Waals surface area contributed by atoms with Crippen LogP contribution < -0.4 is 27.3 Å². The van der Waals surface area contributed by atoms with Crippen molar-refractivity contribution in [3.63, 3.8) is 0 Å². The van der Waals surface area contributed by atoms with Crippen LogP contribution in [0.25, 0.3) is 11.1 Å². The summed E-state index contributed by atoms with van der Waals surface area (Å²) in [5.74, 6) is -10.4. The van der Waals surface area contributed by atoms with Gasteiger partial charge in [0.1, 0.15) is 17.4 Å². The molecule has 0 bridgehead atoms. The summed E-state index contributed by atoms with van der Waals surface area (Å²) in [7, 11) is 4.32. The van der Waals surface area contributed by atoms with E-state index in [0.29, 0.717) is 16.9 Å². The van der Waals surface area contributed by atoms with Gasteiger partial charge in [-0.1, -0.05) is 12.1 Å². The van der Waals surface area contributed by atoms with Crippen LogP contribution in [0, 0.1) is 28.6 Å². The number of phenolic OH excluding ortho intramolecular Hbond substituents is 1. The van der Waals surface area contributed by atoms with Gasteiger partial charge in [0.25, 0.3) is 0 Å². The first-order chi connectivity index (χ1) is 23.0. The van der Waals surface area contributed by atoms with Crippen LogP contribution in [-0.4, -0.2) is 96.5 Å². The smallest absolute Gasteiger partial charge is 0.319 e. The number of ether oxygens (including phenoxy) is 2. The number of aromatic hydroxyl groups is 1. The lowest BCUT2D eigenvalue weighted by Crippen LogP contribution is -2.85. The first-order valence-corrected chi connectivity index (χ1v) is 15.5. The van der Waals surface area contributed by atoms with Gasteiger partial charge >= 0.3 is 5.97 Å². The fraction of sp³-hybridized carbons (Fsp3) is 0.441. The number of esters is 1. The van der Waals surface area contributed by atoms with E-state index in [0.717, 1.165) is 5.56 Å². The van der Waals surface area contributed by atoms with Gasteiger partial charge in [0.15, 0.2) is 34.5 Å². The van der Waals surface area contributed by atoms with Crippen molar-refractivity contribution in [3.8, 4) is 28.7 Å². The number of nitrogens with zero attached hydrogens (tertiary/aromatic N) is 2. The highest BCUT2D eigenvalue weighted by Crippen LogP contribution is 2.57. The first-order valence-electron chi connectivity index (χ1n) is 15.5. The highest BCUT2D eigenvalue weighted by Gasteiger charge is 2.78. The number of ketones is 4. The number of phenols is 1. The standard InChI is InChI=1S/C34H38N6O9/c1-5-49-22(42)13-39-12-16-6-9-21(48-4)18(10-16)17-7-8-20(41)23-19(17)11-32(37)14-34(38)28(40(2)3)27(44)24(31(36)47)29(45)33(34,15-35)30(46)25(32)26(23)43/h6-10,24-25,28,39,41H,5,11-14,37-38H2,1-4H3,(H2,36,47)/t24?,25?,28-,32-,33+,34-/m1/s1. The third-order valence-electron chi connectivity index (χ3n) is 9.93. The summed E-state index contributed by atoms with van der Waals surface area (Å²) in [5.41, 5.74) is 14.1. The monoisotopic (exact) mass is 674 g/mol. The van der Waals surface area contributed by atoms with E-state index in [-0.39, 0.29) is 37.2 Å². The second-order valence-corrected chi connectivity index (χ2v) is 13.0. The molecule has 6 atom stereocenters. The number of nitriles is 1. The lowest BCUT2D eigenvalue weighted by molar-refractivity contribution is -0.166. The summed E-state index contributed by atoms with van der Waals surface area (Å²) >= 11 is 0. The molecule has 3 aliphatic rings. The van der Waals surface area contributed by atoms with Crippen molar-refractivity contribution in [2.24, 2.45) is 34.5 Å². The molecule has 0 spiro atoms. The molecule has 0 saturated heterocycles. The van der Waals surface area contributed by atoms with Gasteiger partial charge in [0, 0.05) is 17.6 Å². The van der Waals surface area contributed by atoms with E-state index in [9.17, 15) is 39.1 Å². The molecule has 0 radical (unpaired) electrons. The number of hydrogen-bond donors (Lipinski definition) is 5. The van der Waals surface area contributed by atoms with Crippen molar-refractivity contribution < 1.29 is 43.3 Å². The zero-order chi connectivity index (χ0) is 36.2. The van der Waals surface area contributed by atoms with Gasteiger partial charge < -0.3 is 37.1 Å². The summed E-state index contributed by atoms with van der Waals surface area (Å²) in [5, 5.41) is 24.6. The van der Waals surface area contributed by atoms with E-state index in [4.69, 9.17) is 26.7 Å². The molecule has 258 valence electrons. The summed E-state index contributed by atoms with van der Waals surface area (Å²) in [4.78, 5) is 82.1. The van der Waals surface area contributed by atoms with Crippen molar-refractivity contribution in [2.45, 2.75) is 43.4 Å². The maximum Gasteiger partial charge on any atom is 0.319 e. The van der Waals surface area contributed by atoms with Gasteiger partial charge in [0.05, 0.1) is 43.5 Å². The largest absolute Gasteiger partial charge is 0.507 e. The number of likely N-dealkylation sites (N-methyl/N-ethyl adjacent to an activating group) is 1. The van der Waals surface area contributed by atoms with Crippen LogP contribution in [0.1, 0.15) is 34.8 Å². The molecule has 2 fully saturated rings. The number of nitrogens with one attached hydrogen (secondary N) is 1. The molecule has 3 aliphatic carbocycles. The highest BCUT2D eigenvalue weighted by molar-refractivity contribution is 6.33. The minimum absolute atomic E-state index is 0.0341. The molecule has 0 aromatic heterocycles. The minimum atomic E-state index is -2.84. The summed E-state index contributed by atoms with van der Waals surface area (Å²) < 4.78 is 10.6. The second kappa shape index (κ2) is 12.5. The average Bonchev–Trinajstić information content (AvgIpc) is 3.00. The Morgan fingerprint density at radius 1 is 1.10 bits per heavy atom. The van der Waals surface area contributed by atoms with E-state index in [2.05, 4.69) is 5.32 Å². The van der Waals surface area contributed by atoms with Crippen LogP contribution in [0.5, 0.6) is 11.5 Å². The molecule has 2 aromatic rings. The van der Waals surface area contributed by atoms with Crippen molar-refractivity contribution in [2.75, 3.05) is 34.4 Å². The Kier molecular flexibility index (Phi) is 8.98. The molecule has 1 amide bonds. The molecule has 0 aliphatic heterocycles. The Morgan fingerprint density at radius 2 is 1.80 bits per heavy atom. The lowest BCUT2D eigenvalue weighted by Gasteiger charge is -2.60. The molecule has 49 heavy (non-hydrogen) atoms. The number of rotatable bonds is 9. The summed E-state index contributed by atoms with van der Waals surface area (Å²) in [6, 6.07) is 8.26. The number of amides is 1. The number of methoxy groups -OCH3 is 1. The third-order valence-corrected chi connectivity index (χ3v) is 9.93. The van der Waals surface area contributed by atoms with E-state index >= 15 is 0 Å². The van der Waals surface area contributed by atoms with Gasteiger partial charge in [-0.2, -0.15) is 5.26 Å². The molecule has 2 saturated carbocycles. The Hall–Kier alpha value is -5.01. The fourth-order valence-electron chi connectivity index (χ4n) is 8.06. The van der Waals surface area contributed by atoms with Gasteiger partial charge in [-0.25, -0.2) is 0 Å². The third kappa shape index (κ3) is 5.10. The highest BCUT2D eigenvalue weighted by atomic mass is 16.5. The molecule has 2 aromatic carbocycles. The lowest BCUT2D eigenvalue weighted by atomic mass is 9.42. The fourth-order valence-corrected chi connectivity index (χ4v) is 8.06. The minimum Gasteiger partial charge on any atom is -0.507 e. The normalized spacial score (nSPS) is 29.1. The van der Waals surface area contributed by atoms with Crippen molar-refractivity contribution >= 4 is 35.0 Å². The van der Waals surface area contributed by atoms with Crippen LogP contribution in [0.3, 0.4) is 0 Å². The van der Waals surface area contributed by atoms with E-state index in [1.165, 1.54) is 32.2 Å². The summed E-state index contributed by atoms with van der Waals surface area (Å²) in [6.07, 6.45) is -0.782. The molecule has 2 unspecified atom stereocenters. The molecule has 15 nitrogen and oxygen atoms in total. The molecule has 5 rings (SSSR count). The van der Waals surface area contributed by atoms with Gasteiger partial charge in [0.2, 0.25) is 5.91 Å². The number of benzene rings is 2. The topological polar surface area (TPSA) is 258 Å². The van der Waals surface area contributed by atoms with E-state index in [1.54, 1.807) is 37.3 Å². The number of carbonyl (C=O) groups is 6. The Balaban J connectivity index is 1.67. The zero-order valence-electron chi connectivity index (χ0n) is 27.5. The van der Waals surface area contributed by atoms with Crippen LogP contribution in [-0.2, 0) is 41.7 Å². The van der Waals surface area contributed by atoms with Gasteiger partial charge in [-0.05, 0) is 68.8 Å². The number of Topliss-reactive ketones (excluding diaryl/α,β-unsaturated/α-hetero) is 4. The maximum absolute atomic E-state index is 14.6. The van der Waals surface area contributed by atoms with E-state index < -0.39 is 81.6 Å². The van der Waals surface area contributed by atoms with Crippen molar-refractivity contribution in [1.82, 2.24) is 10.2 Å². The molecule has 15 heteroatoms. The predicted molar refractivity (Wildman–Crippen MR) is 172 cm³/mol. The van der Waals surface area contributed by atoms with Crippen LogP contribution in [0.2, 0.25) is 0 Å². The Bertz CT molecular complexity index is 1850. The van der Waals surface area contributed by atoms with Crippen molar-refractivity contribution in [1.29, 1.82) is 5.26 Å². The second-order valence-electron chi connectivity index (χ2n) is 13.0. The number of fused-ring (bicyclic) bond motifs is 3. The van der Waals surface area contributed by atoms with Crippen molar-refractivity contribution in [3.05, 3.63) is 47.0 Å². The Morgan fingerprint density at radius 3 is 2.39 bits per heavy atom. The average molecular weight is 675 g/mol. The van der Waals surface area contributed by atoms with Crippen LogP contribution >= 0.6 is 0 Å². The van der Waals surface area contributed by atoms with Gasteiger partial charge in [-0.15, -0.1) is 0 Å². The number of hydrogen-bond acceptors (Lipinski definition) is 14. The number of primary amides is 1. The molecular weight excluding hydrogens is 636 g/mol. The zero-order valence-corrected chi connectivity index (χ0v) is 27.5. The van der Waals surface area contributed by atoms with Crippen LogP contribution in [0.4, 0.5) is 0 Å². The quantitative estimate of drug-likeness (QED) is 0.160. The molecular formula is C34H38N6O9. The van der Waals surface area contributed by atoms with Gasteiger partial charge in [-0.3, -0.25) is 33.7 Å². The molecule has 8 N–H and O–H groups in total. The van der Waals surface area contributed by atoms with E-state index in [1.807, 2.05) is 0 Å². The molecule has 0 heterocycles. The number of nitrogens with two attached hydrogens (primary N) is 3. The summed E-state index contributed by atoms with van der Waals surface area (Å²) in [6.45, 7) is 2.17. The number of carbonyl (C=O) groups excluding carboxylic acids is 6. The van der Waals surface area contributed by atoms with Crippen LogP contribution in [0.15, 0.2) is 30.3 Å². The Labute approximate surface area is 281 Å². The maximum atomic E-state index is 14.6.